The highest BCUT2D eigenvalue weighted by Gasteiger charge is 2.14. The number of nitrogens with zero attached hydrogens (tertiary/aromatic N) is 1. The summed E-state index contributed by atoms with van der Waals surface area (Å²) in [6.45, 7) is 1.89. The van der Waals surface area contributed by atoms with Crippen molar-refractivity contribution in [3.8, 4) is 5.75 Å². The van der Waals surface area contributed by atoms with E-state index in [2.05, 4.69) is 41.8 Å². The Balaban J connectivity index is 2.33. The third kappa shape index (κ3) is 4.58. The molecule has 0 spiro atoms. The molecular weight excluding hydrogens is 460 g/mol. The summed E-state index contributed by atoms with van der Waals surface area (Å²) < 4.78 is 30.7. The molecule has 8 heteroatoms. The van der Waals surface area contributed by atoms with Crippen LogP contribution in [0.2, 0.25) is 0 Å². The molecule has 5 nitrogen and oxygen atoms in total. The maximum Gasteiger partial charge on any atom is 0.276 e. The lowest BCUT2D eigenvalue weighted by Crippen LogP contribution is -2.21. The molecule has 0 amide bonds. The smallest absolute Gasteiger partial charge is 0.276 e. The Hall–Kier alpha value is -1.38. The summed E-state index contributed by atoms with van der Waals surface area (Å²) in [5.74, 6) is 0.656. The fraction of sp³-hybridized carbons (Fsp3) is 0.188. The van der Waals surface area contributed by atoms with E-state index in [4.69, 9.17) is 4.74 Å². The minimum atomic E-state index is -3.72. The maximum atomic E-state index is 12.3. The van der Waals surface area contributed by atoms with Gasteiger partial charge >= 0.3 is 0 Å². The number of ether oxygens (including phenoxy) is 1. The van der Waals surface area contributed by atoms with Crippen LogP contribution in [0, 0.1) is 6.92 Å². The van der Waals surface area contributed by atoms with Crippen molar-refractivity contribution >= 4 is 47.6 Å². The molecule has 0 aliphatic carbocycles. The van der Waals surface area contributed by atoms with Crippen LogP contribution in [0.4, 0.5) is 0 Å². The molecular formula is C16H16Br2N2O3S. The second-order valence-corrected chi connectivity index (χ2v) is 8.02. The van der Waals surface area contributed by atoms with Gasteiger partial charge in [0.15, 0.2) is 0 Å². The topological polar surface area (TPSA) is 67.8 Å². The number of alkyl halides is 1. The molecule has 0 bridgehead atoms. The van der Waals surface area contributed by atoms with Crippen molar-refractivity contribution in [1.29, 1.82) is 0 Å². The maximum absolute atomic E-state index is 12.3. The fourth-order valence-electron chi connectivity index (χ4n) is 1.90. The Bertz CT molecular complexity index is 850. The number of nitrogens with one attached hydrogen (secondary N) is 1. The summed E-state index contributed by atoms with van der Waals surface area (Å²) in [5.41, 5.74) is 2.24. The second-order valence-electron chi connectivity index (χ2n) is 4.95. The highest BCUT2D eigenvalue weighted by Crippen LogP contribution is 2.24. The van der Waals surface area contributed by atoms with Crippen molar-refractivity contribution in [1.82, 2.24) is 4.83 Å². The Kier molecular flexibility index (Phi) is 6.42. The van der Waals surface area contributed by atoms with Gasteiger partial charge in [-0.15, -0.1) is 0 Å². The number of aryl methyl sites for hydroxylation is 1. The van der Waals surface area contributed by atoms with Crippen molar-refractivity contribution in [2.75, 3.05) is 12.4 Å². The average molecular weight is 476 g/mol. The van der Waals surface area contributed by atoms with E-state index in [9.17, 15) is 8.42 Å². The van der Waals surface area contributed by atoms with E-state index in [1.54, 1.807) is 43.5 Å². The van der Waals surface area contributed by atoms with Crippen LogP contribution in [0.25, 0.3) is 0 Å². The molecule has 2 rings (SSSR count). The quantitative estimate of drug-likeness (QED) is 0.392. The average Bonchev–Trinajstić information content (AvgIpc) is 2.57. The first-order valence-corrected chi connectivity index (χ1v) is 10.3. The normalized spacial score (nSPS) is 12.1. The lowest BCUT2D eigenvalue weighted by atomic mass is 10.1. The first-order chi connectivity index (χ1) is 11.4. The molecule has 0 unspecified atom stereocenters. The van der Waals surface area contributed by atoms with Crippen LogP contribution in [0.3, 0.4) is 0 Å². The number of sulfonamides is 1. The summed E-state index contributed by atoms with van der Waals surface area (Å²) in [7, 11) is -2.16. The van der Waals surface area contributed by atoms with Crippen molar-refractivity contribution < 1.29 is 13.2 Å². The molecule has 0 fully saturated rings. The van der Waals surface area contributed by atoms with Crippen molar-refractivity contribution in [3.63, 3.8) is 0 Å². The zero-order valence-corrected chi connectivity index (χ0v) is 17.1. The van der Waals surface area contributed by atoms with E-state index in [-0.39, 0.29) is 4.90 Å². The fourth-order valence-corrected chi connectivity index (χ4v) is 3.63. The Morgan fingerprint density at radius 3 is 2.46 bits per heavy atom. The second kappa shape index (κ2) is 8.13. The van der Waals surface area contributed by atoms with Gasteiger partial charge in [0.1, 0.15) is 5.75 Å². The molecule has 0 aliphatic rings. The van der Waals surface area contributed by atoms with Gasteiger partial charge in [-0.05, 0) is 37.3 Å². The number of halogens is 2. The standard InChI is InChI=1S/C16H16Br2N2O3S/c1-11-3-6-13(7-4-11)24(21,22)20-19-16(10-17)14-9-12(23-2)5-8-15(14)18/h3-9,20H,10H2,1-2H3/b19-16+. The molecule has 0 saturated heterocycles. The van der Waals surface area contributed by atoms with Crippen LogP contribution < -0.4 is 9.57 Å². The van der Waals surface area contributed by atoms with E-state index < -0.39 is 10.0 Å². The molecule has 2 aromatic rings. The Morgan fingerprint density at radius 1 is 1.21 bits per heavy atom. The van der Waals surface area contributed by atoms with Gasteiger partial charge in [0, 0.05) is 15.4 Å². The molecule has 0 saturated carbocycles. The van der Waals surface area contributed by atoms with Crippen LogP contribution in [-0.4, -0.2) is 26.6 Å². The third-order valence-corrected chi connectivity index (χ3v) is 5.69. The van der Waals surface area contributed by atoms with Gasteiger partial charge in [0.05, 0.1) is 17.7 Å². The molecule has 128 valence electrons. The Morgan fingerprint density at radius 2 is 1.88 bits per heavy atom. The summed E-state index contributed by atoms with van der Waals surface area (Å²) in [4.78, 5) is 2.44. The minimum Gasteiger partial charge on any atom is -0.497 e. The van der Waals surface area contributed by atoms with Gasteiger partial charge in [0.25, 0.3) is 10.0 Å². The number of benzene rings is 2. The largest absolute Gasteiger partial charge is 0.497 e. The number of hydrazone groups is 1. The van der Waals surface area contributed by atoms with Crippen LogP contribution in [0.15, 0.2) is 56.9 Å². The summed E-state index contributed by atoms with van der Waals surface area (Å²) in [6, 6.07) is 12.0. The zero-order chi connectivity index (χ0) is 17.7. The van der Waals surface area contributed by atoms with Crippen LogP contribution in [0.1, 0.15) is 11.1 Å². The first kappa shape index (κ1) is 19.0. The molecule has 0 heterocycles. The summed E-state index contributed by atoms with van der Waals surface area (Å²) >= 11 is 6.78. The number of hydrogen-bond donors (Lipinski definition) is 1. The van der Waals surface area contributed by atoms with Gasteiger partial charge in [-0.25, -0.2) is 0 Å². The third-order valence-electron chi connectivity index (χ3n) is 3.24. The first-order valence-electron chi connectivity index (χ1n) is 6.92. The molecule has 0 aliphatic heterocycles. The lowest BCUT2D eigenvalue weighted by molar-refractivity contribution is 0.414. The van der Waals surface area contributed by atoms with Gasteiger partial charge in [-0.2, -0.15) is 18.4 Å². The predicted octanol–water partition coefficient (Wildman–Crippen LogP) is 3.84. The van der Waals surface area contributed by atoms with Gasteiger partial charge < -0.3 is 4.74 Å². The SMILES string of the molecule is COc1ccc(Br)c(/C(CBr)=N/NS(=O)(=O)c2ccc(C)cc2)c1. The van der Waals surface area contributed by atoms with E-state index in [0.29, 0.717) is 16.8 Å². The van der Waals surface area contributed by atoms with E-state index >= 15 is 0 Å². The Labute approximate surface area is 158 Å². The minimum absolute atomic E-state index is 0.162. The van der Waals surface area contributed by atoms with E-state index in [1.165, 1.54) is 0 Å². The van der Waals surface area contributed by atoms with Crippen molar-refractivity contribution in [2.24, 2.45) is 5.10 Å². The van der Waals surface area contributed by atoms with E-state index in [0.717, 1.165) is 15.6 Å². The molecule has 24 heavy (non-hydrogen) atoms. The zero-order valence-electron chi connectivity index (χ0n) is 13.1. The van der Waals surface area contributed by atoms with E-state index in [1.807, 2.05) is 13.0 Å². The molecule has 2 aromatic carbocycles. The van der Waals surface area contributed by atoms with Crippen LogP contribution >= 0.6 is 31.9 Å². The molecule has 0 aromatic heterocycles. The number of hydrogen-bond acceptors (Lipinski definition) is 4. The highest BCUT2D eigenvalue weighted by atomic mass is 79.9. The molecule has 0 atom stereocenters. The summed E-state index contributed by atoms with van der Waals surface area (Å²) in [5, 5.41) is 4.44. The summed E-state index contributed by atoms with van der Waals surface area (Å²) in [6.07, 6.45) is 0. The lowest BCUT2D eigenvalue weighted by Gasteiger charge is -2.10. The molecule has 1 N–H and O–H groups in total. The predicted molar refractivity (Wildman–Crippen MR) is 103 cm³/mol. The van der Waals surface area contributed by atoms with Gasteiger partial charge in [-0.1, -0.05) is 49.6 Å². The van der Waals surface area contributed by atoms with Crippen LogP contribution in [-0.2, 0) is 10.0 Å². The van der Waals surface area contributed by atoms with Crippen molar-refractivity contribution in [3.05, 3.63) is 58.1 Å². The van der Waals surface area contributed by atoms with Gasteiger partial charge in [-0.3, -0.25) is 0 Å². The van der Waals surface area contributed by atoms with Crippen molar-refractivity contribution in [2.45, 2.75) is 11.8 Å². The van der Waals surface area contributed by atoms with Gasteiger partial charge in [0.2, 0.25) is 0 Å². The molecule has 0 radical (unpaired) electrons. The number of rotatable bonds is 6. The number of methoxy groups -OCH3 is 1. The van der Waals surface area contributed by atoms with Crippen LogP contribution in [0.5, 0.6) is 5.75 Å². The monoisotopic (exact) mass is 474 g/mol. The highest BCUT2D eigenvalue weighted by molar-refractivity contribution is 9.10.